The molecule has 1 aromatic carbocycles. The number of hydrogen-bond donors (Lipinski definition) is 1. The molecule has 10 nitrogen and oxygen atoms in total. The summed E-state index contributed by atoms with van der Waals surface area (Å²) < 4.78 is 11.5. The van der Waals surface area contributed by atoms with Crippen LogP contribution in [-0.4, -0.2) is 45.3 Å². The Balaban J connectivity index is 1.97. The average molecular weight is 445 g/mol. The average Bonchev–Trinajstić information content (AvgIpc) is 3.23. The number of carbonyl (C=O) groups is 1. The Morgan fingerprint density at radius 2 is 2.00 bits per heavy atom. The van der Waals surface area contributed by atoms with Crippen LogP contribution in [0.25, 0.3) is 22.4 Å². The smallest absolute Gasteiger partial charge is 0.222 e. The van der Waals surface area contributed by atoms with Crippen LogP contribution in [0.4, 0.5) is 5.95 Å². The van der Waals surface area contributed by atoms with Crippen LogP contribution in [0.5, 0.6) is 5.88 Å². The zero-order chi connectivity index (χ0) is 23.4. The van der Waals surface area contributed by atoms with Crippen molar-refractivity contribution in [1.82, 2.24) is 24.7 Å². The maximum Gasteiger partial charge on any atom is 0.222 e. The maximum absolute atomic E-state index is 12.0. The van der Waals surface area contributed by atoms with Gasteiger partial charge in [0.25, 0.3) is 0 Å². The van der Waals surface area contributed by atoms with E-state index in [4.69, 9.17) is 20.1 Å². The molecule has 0 aliphatic rings. The van der Waals surface area contributed by atoms with Crippen LogP contribution in [0, 0.1) is 6.92 Å². The summed E-state index contributed by atoms with van der Waals surface area (Å²) in [6.07, 6.45) is 2.23. The number of nitrogens with two attached hydrogens (primary N) is 1. The van der Waals surface area contributed by atoms with Gasteiger partial charge in [0.2, 0.25) is 18.2 Å². The van der Waals surface area contributed by atoms with Gasteiger partial charge in [-0.2, -0.15) is 5.10 Å². The fourth-order valence-corrected chi connectivity index (χ4v) is 3.40. The molecule has 0 atom stereocenters. The van der Waals surface area contributed by atoms with Crippen LogP contribution in [0.15, 0.2) is 64.4 Å². The molecule has 0 amide bonds. The number of aryl methyl sites for hydroxylation is 1. The Labute approximate surface area is 190 Å². The number of benzene rings is 1. The van der Waals surface area contributed by atoms with Crippen molar-refractivity contribution in [3.8, 4) is 28.3 Å². The van der Waals surface area contributed by atoms with Gasteiger partial charge in [0, 0.05) is 36.5 Å². The highest BCUT2D eigenvalue weighted by Crippen LogP contribution is 2.29. The molecule has 0 bridgehead atoms. The molecule has 0 fully saturated rings. The molecule has 4 aromatic rings. The predicted octanol–water partition coefficient (Wildman–Crippen LogP) is 2.49. The monoisotopic (exact) mass is 445 g/mol. The molecule has 4 rings (SSSR count). The minimum atomic E-state index is 0.0125. The molecule has 0 aliphatic carbocycles. The summed E-state index contributed by atoms with van der Waals surface area (Å²) in [4.78, 5) is 20.9. The van der Waals surface area contributed by atoms with E-state index >= 15 is 0 Å². The number of carbonyl (C=O) groups excluding carboxylic acids is 1. The molecular formula is C23H23N7O3. The zero-order valence-electron chi connectivity index (χ0n) is 18.5. The van der Waals surface area contributed by atoms with Crippen LogP contribution < -0.4 is 16.0 Å². The van der Waals surface area contributed by atoms with Gasteiger partial charge in [-0.25, -0.2) is 14.5 Å². The first kappa shape index (κ1) is 21.8. The Bertz CT molecular complexity index is 1330. The van der Waals surface area contributed by atoms with E-state index in [0.717, 1.165) is 5.56 Å². The first-order valence-electron chi connectivity index (χ1n) is 10.1. The maximum atomic E-state index is 12.0. The number of nitrogen functional groups attached to an aromatic ring is 1. The van der Waals surface area contributed by atoms with Crippen molar-refractivity contribution in [2.45, 2.75) is 13.5 Å². The lowest BCUT2D eigenvalue weighted by atomic mass is 10.0. The van der Waals surface area contributed by atoms with E-state index in [0.29, 0.717) is 52.6 Å². The minimum absolute atomic E-state index is 0.0125. The largest absolute Gasteiger partial charge is 0.481 e. The molecule has 0 saturated carbocycles. The van der Waals surface area contributed by atoms with Crippen molar-refractivity contribution in [2.75, 3.05) is 19.9 Å². The molecule has 0 aliphatic heterocycles. The van der Waals surface area contributed by atoms with Gasteiger partial charge in [-0.05, 0) is 13.0 Å². The summed E-state index contributed by atoms with van der Waals surface area (Å²) in [6.45, 7) is 2.18. The van der Waals surface area contributed by atoms with Crippen LogP contribution in [0.1, 0.15) is 11.5 Å². The molecule has 3 aromatic heterocycles. The van der Waals surface area contributed by atoms with Gasteiger partial charge >= 0.3 is 0 Å². The van der Waals surface area contributed by atoms with Gasteiger partial charge < -0.3 is 15.0 Å². The molecule has 3 heterocycles. The van der Waals surface area contributed by atoms with Crippen molar-refractivity contribution in [3.05, 3.63) is 71.7 Å². The fourth-order valence-electron chi connectivity index (χ4n) is 3.40. The Morgan fingerprint density at radius 1 is 1.21 bits per heavy atom. The highest BCUT2D eigenvalue weighted by atomic mass is 16.5. The van der Waals surface area contributed by atoms with E-state index in [1.165, 1.54) is 4.57 Å². The van der Waals surface area contributed by atoms with E-state index in [9.17, 15) is 4.79 Å². The molecule has 0 radical (unpaired) electrons. The van der Waals surface area contributed by atoms with Crippen molar-refractivity contribution in [3.63, 3.8) is 0 Å². The third kappa shape index (κ3) is 4.59. The van der Waals surface area contributed by atoms with Gasteiger partial charge in [-0.3, -0.25) is 9.80 Å². The molecule has 33 heavy (non-hydrogen) atoms. The van der Waals surface area contributed by atoms with E-state index < -0.39 is 0 Å². The molecule has 0 spiro atoms. The number of rotatable bonds is 7. The van der Waals surface area contributed by atoms with Crippen molar-refractivity contribution in [2.24, 2.45) is 5.10 Å². The third-order valence-electron chi connectivity index (χ3n) is 4.88. The molecule has 10 heteroatoms. The van der Waals surface area contributed by atoms with Gasteiger partial charge in [0.1, 0.15) is 11.5 Å². The Morgan fingerprint density at radius 3 is 2.61 bits per heavy atom. The van der Waals surface area contributed by atoms with Crippen molar-refractivity contribution < 1.29 is 14.1 Å². The summed E-state index contributed by atoms with van der Waals surface area (Å²) in [7, 11) is 3.32. The number of nitrogens with zero attached hydrogens (tertiary/aromatic N) is 6. The number of hydrogen-bond acceptors (Lipinski definition) is 9. The lowest BCUT2D eigenvalue weighted by Crippen LogP contribution is -2.31. The molecule has 168 valence electrons. The highest BCUT2D eigenvalue weighted by Gasteiger charge is 2.18. The van der Waals surface area contributed by atoms with Crippen LogP contribution in [-0.2, 0) is 11.3 Å². The standard InChI is InChI=1S/C23H23N7O3/c1-15-11-18(28-33-15)13-29(2)27-22-20(17-9-10-19(32-3)25-12-17)21(16-7-5-4-6-8-16)26-23(24)30(22)14-31/h4-12,14H,13H2,1-3H3,(H2,24,26)/b27-22-. The van der Waals surface area contributed by atoms with Gasteiger partial charge in [0.15, 0.2) is 5.49 Å². The minimum Gasteiger partial charge on any atom is -0.481 e. The number of methoxy groups -OCH3 is 1. The van der Waals surface area contributed by atoms with E-state index in [1.807, 2.05) is 49.4 Å². The molecule has 2 N–H and O–H groups in total. The van der Waals surface area contributed by atoms with Gasteiger partial charge in [-0.1, -0.05) is 35.5 Å². The van der Waals surface area contributed by atoms with Gasteiger partial charge in [-0.15, -0.1) is 0 Å². The summed E-state index contributed by atoms with van der Waals surface area (Å²) in [5.41, 5.74) is 9.87. The Kier molecular flexibility index (Phi) is 6.16. The first-order chi connectivity index (χ1) is 16.0. The zero-order valence-corrected chi connectivity index (χ0v) is 18.5. The van der Waals surface area contributed by atoms with Crippen LogP contribution in [0.3, 0.4) is 0 Å². The van der Waals surface area contributed by atoms with Crippen LogP contribution in [0.2, 0.25) is 0 Å². The SMILES string of the molecule is COc1ccc(-c2c(-c3ccccc3)nc(N)n(C=O)/c2=N\N(C)Cc2cc(C)on2)cn1. The third-order valence-corrected chi connectivity index (χ3v) is 4.88. The predicted molar refractivity (Wildman–Crippen MR) is 122 cm³/mol. The Hall–Kier alpha value is -4.47. The number of pyridine rings is 1. The second-order valence-electron chi connectivity index (χ2n) is 7.29. The summed E-state index contributed by atoms with van der Waals surface area (Å²) in [5, 5.41) is 10.4. The number of anilines is 1. The lowest BCUT2D eigenvalue weighted by molar-refractivity contribution is 0.311. The van der Waals surface area contributed by atoms with E-state index in [-0.39, 0.29) is 5.95 Å². The number of aromatic nitrogens is 4. The highest BCUT2D eigenvalue weighted by molar-refractivity contribution is 5.81. The first-order valence-corrected chi connectivity index (χ1v) is 10.1. The summed E-state index contributed by atoms with van der Waals surface area (Å²) in [5.74, 6) is 1.17. The van der Waals surface area contributed by atoms with Crippen molar-refractivity contribution in [1.29, 1.82) is 0 Å². The summed E-state index contributed by atoms with van der Waals surface area (Å²) in [6, 6.07) is 14.9. The van der Waals surface area contributed by atoms with Gasteiger partial charge in [0.05, 0.1) is 24.9 Å². The lowest BCUT2D eigenvalue weighted by Gasteiger charge is -2.17. The van der Waals surface area contributed by atoms with Crippen molar-refractivity contribution >= 4 is 12.4 Å². The molecule has 0 saturated heterocycles. The second-order valence-corrected chi connectivity index (χ2v) is 7.29. The molecular weight excluding hydrogens is 422 g/mol. The normalized spacial score (nSPS) is 11.4. The van der Waals surface area contributed by atoms with Crippen LogP contribution >= 0.6 is 0 Å². The molecule has 0 unspecified atom stereocenters. The number of ether oxygens (including phenoxy) is 1. The van der Waals surface area contributed by atoms with E-state index in [2.05, 4.69) is 15.1 Å². The fraction of sp³-hybridized carbons (Fsp3) is 0.174. The quantitative estimate of drug-likeness (QED) is 0.340. The second kappa shape index (κ2) is 9.35. The van der Waals surface area contributed by atoms with E-state index in [1.54, 1.807) is 31.4 Å². The summed E-state index contributed by atoms with van der Waals surface area (Å²) >= 11 is 0. The topological polar surface area (TPSA) is 125 Å².